The largest absolute Gasteiger partial charge is 0.482 e. The van der Waals surface area contributed by atoms with Gasteiger partial charge in [0.15, 0.2) is 6.61 Å². The lowest BCUT2D eigenvalue weighted by atomic mass is 10.0. The predicted octanol–water partition coefficient (Wildman–Crippen LogP) is 3.38. The Morgan fingerprint density at radius 3 is 2.00 bits per heavy atom. The van der Waals surface area contributed by atoms with Crippen LogP contribution in [0.15, 0.2) is 48.5 Å². The lowest BCUT2D eigenvalue weighted by Gasteiger charge is -2.06. The lowest BCUT2D eigenvalue weighted by Crippen LogP contribution is -2.09. The fourth-order valence-corrected chi connectivity index (χ4v) is 1.82. The highest BCUT2D eigenvalue weighted by Crippen LogP contribution is 2.22. The summed E-state index contributed by atoms with van der Waals surface area (Å²) in [5, 5.41) is 8.53. The zero-order valence-corrected chi connectivity index (χ0v) is 10.8. The molecule has 0 heterocycles. The molecule has 0 aliphatic rings. The van der Waals surface area contributed by atoms with Crippen LogP contribution in [0, 0.1) is 0 Å². The third kappa shape index (κ3) is 3.58. The van der Waals surface area contributed by atoms with Crippen molar-refractivity contribution in [1.82, 2.24) is 0 Å². The summed E-state index contributed by atoms with van der Waals surface area (Å²) < 4.78 is 5.10. The molecular weight excluding hydrogens is 240 g/mol. The van der Waals surface area contributed by atoms with E-state index in [4.69, 9.17) is 9.84 Å². The van der Waals surface area contributed by atoms with Crippen molar-refractivity contribution in [2.75, 3.05) is 6.61 Å². The topological polar surface area (TPSA) is 46.5 Å². The minimum atomic E-state index is -0.973. The van der Waals surface area contributed by atoms with Crippen LogP contribution in [0.3, 0.4) is 0 Å². The van der Waals surface area contributed by atoms with Crippen molar-refractivity contribution >= 4 is 5.97 Å². The number of rotatable bonds is 5. The molecule has 3 heteroatoms. The summed E-state index contributed by atoms with van der Waals surface area (Å²) in [6, 6.07) is 15.8. The van der Waals surface area contributed by atoms with Crippen molar-refractivity contribution in [3.63, 3.8) is 0 Å². The Bertz CT molecular complexity index is 541. The van der Waals surface area contributed by atoms with Crippen LogP contribution in [0.5, 0.6) is 5.75 Å². The molecule has 0 aliphatic carbocycles. The fraction of sp³-hybridized carbons (Fsp3) is 0.188. The second-order valence-electron chi connectivity index (χ2n) is 4.26. The predicted molar refractivity (Wildman–Crippen MR) is 74.4 cm³/mol. The first kappa shape index (κ1) is 13.1. The van der Waals surface area contributed by atoms with Gasteiger partial charge in [0.1, 0.15) is 5.75 Å². The third-order valence-electron chi connectivity index (χ3n) is 2.91. The molecule has 0 bridgehead atoms. The van der Waals surface area contributed by atoms with E-state index < -0.39 is 5.97 Å². The molecule has 0 aromatic heterocycles. The molecule has 2 rings (SSSR count). The van der Waals surface area contributed by atoms with Crippen molar-refractivity contribution in [1.29, 1.82) is 0 Å². The van der Waals surface area contributed by atoms with Gasteiger partial charge in [0.05, 0.1) is 0 Å². The highest BCUT2D eigenvalue weighted by atomic mass is 16.5. The summed E-state index contributed by atoms with van der Waals surface area (Å²) in [7, 11) is 0. The van der Waals surface area contributed by atoms with E-state index >= 15 is 0 Å². The normalized spacial score (nSPS) is 10.2. The molecule has 0 saturated carbocycles. The van der Waals surface area contributed by atoms with E-state index in [0.717, 1.165) is 17.5 Å². The minimum absolute atomic E-state index is 0.315. The average Bonchev–Trinajstić information content (AvgIpc) is 2.46. The van der Waals surface area contributed by atoms with E-state index in [9.17, 15) is 4.79 Å². The Balaban J connectivity index is 2.10. The molecule has 0 amide bonds. The standard InChI is InChI=1S/C16H16O3/c1-2-12-3-5-13(6-4-12)14-7-9-15(10-8-14)19-11-16(17)18/h3-10H,2,11H2,1H3,(H,17,18). The van der Waals surface area contributed by atoms with Crippen LogP contribution in [0.1, 0.15) is 12.5 Å². The number of ether oxygens (including phenoxy) is 1. The van der Waals surface area contributed by atoms with E-state index in [1.165, 1.54) is 5.56 Å². The van der Waals surface area contributed by atoms with Gasteiger partial charge in [-0.3, -0.25) is 0 Å². The quantitative estimate of drug-likeness (QED) is 0.892. The summed E-state index contributed by atoms with van der Waals surface area (Å²) in [6.07, 6.45) is 1.03. The summed E-state index contributed by atoms with van der Waals surface area (Å²) in [6.45, 7) is 1.81. The molecule has 0 saturated heterocycles. The van der Waals surface area contributed by atoms with Crippen LogP contribution in [0.4, 0.5) is 0 Å². The SMILES string of the molecule is CCc1ccc(-c2ccc(OCC(=O)O)cc2)cc1. The van der Waals surface area contributed by atoms with Crippen LogP contribution in [0.25, 0.3) is 11.1 Å². The first-order chi connectivity index (χ1) is 9.19. The monoisotopic (exact) mass is 256 g/mol. The number of benzene rings is 2. The van der Waals surface area contributed by atoms with E-state index in [1.807, 2.05) is 12.1 Å². The average molecular weight is 256 g/mol. The summed E-state index contributed by atoms with van der Waals surface area (Å²) >= 11 is 0. The lowest BCUT2D eigenvalue weighted by molar-refractivity contribution is -0.139. The fourth-order valence-electron chi connectivity index (χ4n) is 1.82. The van der Waals surface area contributed by atoms with E-state index in [1.54, 1.807) is 12.1 Å². The summed E-state index contributed by atoms with van der Waals surface area (Å²) in [5.74, 6) is -0.407. The Hall–Kier alpha value is -2.29. The van der Waals surface area contributed by atoms with E-state index in [-0.39, 0.29) is 6.61 Å². The molecule has 1 N–H and O–H groups in total. The van der Waals surface area contributed by atoms with Crippen LogP contribution < -0.4 is 4.74 Å². The zero-order chi connectivity index (χ0) is 13.7. The van der Waals surface area contributed by atoms with Gasteiger partial charge in [0.2, 0.25) is 0 Å². The van der Waals surface area contributed by atoms with Crippen molar-refractivity contribution < 1.29 is 14.6 Å². The molecule has 0 unspecified atom stereocenters. The Kier molecular flexibility index (Phi) is 4.18. The van der Waals surface area contributed by atoms with Gasteiger partial charge < -0.3 is 9.84 Å². The van der Waals surface area contributed by atoms with Gasteiger partial charge in [-0.25, -0.2) is 4.79 Å². The molecule has 0 fully saturated rings. The van der Waals surface area contributed by atoms with Gasteiger partial charge in [-0.05, 0) is 35.2 Å². The van der Waals surface area contributed by atoms with Crippen LogP contribution >= 0.6 is 0 Å². The number of hydrogen-bond acceptors (Lipinski definition) is 2. The molecule has 3 nitrogen and oxygen atoms in total. The van der Waals surface area contributed by atoms with Crippen LogP contribution in [-0.2, 0) is 11.2 Å². The molecule has 19 heavy (non-hydrogen) atoms. The number of aryl methyl sites for hydroxylation is 1. The third-order valence-corrected chi connectivity index (χ3v) is 2.91. The molecule has 98 valence electrons. The number of hydrogen-bond donors (Lipinski definition) is 1. The van der Waals surface area contributed by atoms with Gasteiger partial charge in [0.25, 0.3) is 0 Å². The molecule has 0 spiro atoms. The maximum absolute atomic E-state index is 10.4. The van der Waals surface area contributed by atoms with Crippen molar-refractivity contribution in [2.45, 2.75) is 13.3 Å². The molecule has 0 aliphatic heterocycles. The maximum Gasteiger partial charge on any atom is 0.341 e. The van der Waals surface area contributed by atoms with Gasteiger partial charge >= 0.3 is 5.97 Å². The smallest absolute Gasteiger partial charge is 0.341 e. The van der Waals surface area contributed by atoms with Crippen LogP contribution in [0.2, 0.25) is 0 Å². The summed E-state index contributed by atoms with van der Waals surface area (Å²) in [5.41, 5.74) is 3.54. The second kappa shape index (κ2) is 6.05. The van der Waals surface area contributed by atoms with E-state index in [0.29, 0.717) is 5.75 Å². The number of carbonyl (C=O) groups is 1. The molecule has 2 aromatic carbocycles. The van der Waals surface area contributed by atoms with Gasteiger partial charge in [-0.2, -0.15) is 0 Å². The highest BCUT2D eigenvalue weighted by molar-refractivity contribution is 5.68. The molecule has 0 atom stereocenters. The zero-order valence-electron chi connectivity index (χ0n) is 10.8. The van der Waals surface area contributed by atoms with Crippen molar-refractivity contribution in [3.05, 3.63) is 54.1 Å². The first-order valence-corrected chi connectivity index (χ1v) is 6.23. The molecule has 2 aromatic rings. The number of carboxylic acids is 1. The minimum Gasteiger partial charge on any atom is -0.482 e. The van der Waals surface area contributed by atoms with Gasteiger partial charge in [-0.15, -0.1) is 0 Å². The summed E-state index contributed by atoms with van der Waals surface area (Å²) in [4.78, 5) is 10.4. The Morgan fingerprint density at radius 1 is 1.00 bits per heavy atom. The number of aliphatic carboxylic acids is 1. The van der Waals surface area contributed by atoms with Crippen molar-refractivity contribution in [3.8, 4) is 16.9 Å². The molecule has 0 radical (unpaired) electrons. The van der Waals surface area contributed by atoms with Crippen LogP contribution in [-0.4, -0.2) is 17.7 Å². The maximum atomic E-state index is 10.4. The number of carboxylic acid groups (broad SMARTS) is 1. The Morgan fingerprint density at radius 2 is 1.53 bits per heavy atom. The van der Waals surface area contributed by atoms with Gasteiger partial charge in [-0.1, -0.05) is 43.3 Å². The first-order valence-electron chi connectivity index (χ1n) is 6.23. The van der Waals surface area contributed by atoms with E-state index in [2.05, 4.69) is 31.2 Å². The van der Waals surface area contributed by atoms with Gasteiger partial charge in [0, 0.05) is 0 Å². The second-order valence-corrected chi connectivity index (χ2v) is 4.26. The van der Waals surface area contributed by atoms with Crippen molar-refractivity contribution in [2.24, 2.45) is 0 Å². The highest BCUT2D eigenvalue weighted by Gasteiger charge is 2.01. The molecular formula is C16H16O3. The Labute approximate surface area is 112 Å².